The molecule has 12 heavy (non-hydrogen) atoms. The van der Waals surface area contributed by atoms with Crippen LogP contribution in [0.3, 0.4) is 0 Å². The Labute approximate surface area is 79.3 Å². The second kappa shape index (κ2) is 4.00. The molecule has 1 N–H and O–H groups in total. The lowest BCUT2D eigenvalue weighted by atomic mass is 10.4. The molecule has 0 bridgehead atoms. The van der Waals surface area contributed by atoms with Crippen LogP contribution in [0.25, 0.3) is 0 Å². The lowest BCUT2D eigenvalue weighted by molar-refractivity contribution is 0.534. The molecule has 6 heteroatoms. The third-order valence-corrected chi connectivity index (χ3v) is 2.35. The van der Waals surface area contributed by atoms with E-state index in [1.807, 2.05) is 13.8 Å². The van der Waals surface area contributed by atoms with Gasteiger partial charge in [0.1, 0.15) is 0 Å². The van der Waals surface area contributed by atoms with Crippen molar-refractivity contribution >= 4 is 23.4 Å². The fourth-order valence-electron chi connectivity index (χ4n) is 0.896. The van der Waals surface area contributed by atoms with Gasteiger partial charge in [-0.1, -0.05) is 11.8 Å². The number of H-pyrrole nitrogens is 1. The summed E-state index contributed by atoms with van der Waals surface area (Å²) >= 11 is 6.85. The first-order valence-electron chi connectivity index (χ1n) is 3.52. The molecule has 0 aliphatic rings. The minimum atomic E-state index is -0.183. The van der Waals surface area contributed by atoms with Gasteiger partial charge < -0.3 is 0 Å². The van der Waals surface area contributed by atoms with E-state index in [1.165, 1.54) is 11.8 Å². The SMILES string of the molecule is CC(C)n1c(SCCl)n[nH]c1=O. The Morgan fingerprint density at radius 1 is 1.75 bits per heavy atom. The van der Waals surface area contributed by atoms with Crippen LogP contribution in [-0.2, 0) is 0 Å². The number of nitrogens with one attached hydrogen (secondary N) is 1. The van der Waals surface area contributed by atoms with Gasteiger partial charge in [-0.3, -0.25) is 4.57 Å². The summed E-state index contributed by atoms with van der Waals surface area (Å²) in [5.74, 6) is 0. The summed E-state index contributed by atoms with van der Waals surface area (Å²) < 4.78 is 1.58. The first-order chi connectivity index (χ1) is 5.66. The summed E-state index contributed by atoms with van der Waals surface area (Å²) in [6.45, 7) is 3.85. The molecule has 0 amide bonds. The summed E-state index contributed by atoms with van der Waals surface area (Å²) in [6.07, 6.45) is 0. The number of aromatic nitrogens is 3. The quantitative estimate of drug-likeness (QED) is 0.603. The minimum absolute atomic E-state index is 0.113. The van der Waals surface area contributed by atoms with E-state index in [4.69, 9.17) is 11.6 Å². The molecule has 1 rings (SSSR count). The molecule has 0 saturated heterocycles. The highest BCUT2D eigenvalue weighted by molar-refractivity contribution is 8.00. The van der Waals surface area contributed by atoms with Crippen molar-refractivity contribution in [3.05, 3.63) is 10.5 Å². The molecule has 0 spiro atoms. The Hall–Kier alpha value is -0.420. The van der Waals surface area contributed by atoms with Gasteiger partial charge in [-0.25, -0.2) is 9.89 Å². The van der Waals surface area contributed by atoms with E-state index < -0.39 is 0 Å². The zero-order valence-corrected chi connectivity index (χ0v) is 8.45. The molecule has 0 unspecified atom stereocenters. The molecule has 0 aliphatic heterocycles. The van der Waals surface area contributed by atoms with E-state index in [9.17, 15) is 4.79 Å². The molecule has 1 heterocycles. The average molecular weight is 208 g/mol. The van der Waals surface area contributed by atoms with Gasteiger partial charge in [0, 0.05) is 6.04 Å². The lowest BCUT2D eigenvalue weighted by Crippen LogP contribution is -2.19. The van der Waals surface area contributed by atoms with Gasteiger partial charge in [0.2, 0.25) is 0 Å². The maximum Gasteiger partial charge on any atom is 0.344 e. The fourth-order valence-corrected chi connectivity index (χ4v) is 1.83. The summed E-state index contributed by atoms with van der Waals surface area (Å²) in [5, 5.41) is 7.26. The van der Waals surface area contributed by atoms with Crippen molar-refractivity contribution in [1.82, 2.24) is 14.8 Å². The fraction of sp³-hybridized carbons (Fsp3) is 0.667. The first kappa shape index (κ1) is 9.67. The smallest absolute Gasteiger partial charge is 0.268 e. The Kier molecular flexibility index (Phi) is 3.22. The standard InChI is InChI=1S/C6H10ClN3OS/c1-4(2)10-5(11)8-9-6(10)12-3-7/h4H,3H2,1-2H3,(H,8,11). The van der Waals surface area contributed by atoms with Crippen LogP contribution in [0.15, 0.2) is 9.95 Å². The number of halogens is 1. The minimum Gasteiger partial charge on any atom is -0.268 e. The van der Waals surface area contributed by atoms with Crippen LogP contribution in [0, 0.1) is 0 Å². The van der Waals surface area contributed by atoms with Crippen LogP contribution in [0.2, 0.25) is 0 Å². The summed E-state index contributed by atoms with van der Waals surface area (Å²) in [6, 6.07) is 0.113. The normalized spacial score (nSPS) is 11.0. The molecule has 1 aromatic heterocycles. The molecule has 0 saturated carbocycles. The Morgan fingerprint density at radius 3 is 2.92 bits per heavy atom. The molecular weight excluding hydrogens is 198 g/mol. The van der Waals surface area contributed by atoms with E-state index >= 15 is 0 Å². The molecule has 0 aliphatic carbocycles. The molecule has 68 valence electrons. The Balaban J connectivity index is 3.04. The molecule has 4 nitrogen and oxygen atoms in total. The Morgan fingerprint density at radius 2 is 2.42 bits per heavy atom. The van der Waals surface area contributed by atoms with Gasteiger partial charge in [-0.15, -0.1) is 16.7 Å². The van der Waals surface area contributed by atoms with Gasteiger partial charge in [-0.2, -0.15) is 0 Å². The molecule has 0 atom stereocenters. The molecular formula is C6H10ClN3OS. The second-order valence-corrected chi connectivity index (χ2v) is 4.06. The summed E-state index contributed by atoms with van der Waals surface area (Å²) in [5.41, 5.74) is -0.183. The Bertz CT molecular complexity index is 306. The monoisotopic (exact) mass is 207 g/mol. The molecule has 0 fully saturated rings. The van der Waals surface area contributed by atoms with Gasteiger partial charge in [0.05, 0.1) is 5.21 Å². The van der Waals surface area contributed by atoms with Crippen molar-refractivity contribution in [3.8, 4) is 0 Å². The molecule has 1 aromatic rings. The maximum absolute atomic E-state index is 11.1. The van der Waals surface area contributed by atoms with Gasteiger partial charge in [0.15, 0.2) is 5.16 Å². The highest BCUT2D eigenvalue weighted by Crippen LogP contribution is 2.17. The van der Waals surface area contributed by atoms with Crippen LogP contribution < -0.4 is 5.69 Å². The van der Waals surface area contributed by atoms with E-state index in [0.29, 0.717) is 10.4 Å². The van der Waals surface area contributed by atoms with Crippen molar-refractivity contribution in [2.24, 2.45) is 0 Å². The van der Waals surface area contributed by atoms with Crippen LogP contribution >= 0.6 is 23.4 Å². The highest BCUT2D eigenvalue weighted by Gasteiger charge is 2.10. The zero-order chi connectivity index (χ0) is 9.14. The van der Waals surface area contributed by atoms with E-state index in [0.717, 1.165) is 0 Å². The van der Waals surface area contributed by atoms with Crippen molar-refractivity contribution < 1.29 is 0 Å². The summed E-state index contributed by atoms with van der Waals surface area (Å²) in [7, 11) is 0. The highest BCUT2D eigenvalue weighted by atomic mass is 35.5. The zero-order valence-electron chi connectivity index (χ0n) is 6.87. The first-order valence-corrected chi connectivity index (χ1v) is 5.04. The predicted molar refractivity (Wildman–Crippen MR) is 49.8 cm³/mol. The number of rotatable bonds is 3. The predicted octanol–water partition coefficient (Wildman–Crippen LogP) is 1.44. The van der Waals surface area contributed by atoms with E-state index in [2.05, 4.69) is 10.2 Å². The van der Waals surface area contributed by atoms with Crippen LogP contribution in [0.5, 0.6) is 0 Å². The molecule has 0 aromatic carbocycles. The maximum atomic E-state index is 11.1. The average Bonchev–Trinajstić information content (AvgIpc) is 2.32. The van der Waals surface area contributed by atoms with Gasteiger partial charge in [-0.05, 0) is 13.8 Å². The lowest BCUT2D eigenvalue weighted by Gasteiger charge is -2.06. The van der Waals surface area contributed by atoms with Gasteiger partial charge >= 0.3 is 5.69 Å². The van der Waals surface area contributed by atoms with E-state index in [1.54, 1.807) is 4.57 Å². The van der Waals surface area contributed by atoms with Crippen molar-refractivity contribution in [2.75, 3.05) is 5.21 Å². The van der Waals surface area contributed by atoms with Crippen molar-refractivity contribution in [2.45, 2.75) is 25.0 Å². The van der Waals surface area contributed by atoms with Crippen molar-refractivity contribution in [3.63, 3.8) is 0 Å². The number of alkyl halides is 1. The van der Waals surface area contributed by atoms with Crippen LogP contribution in [0.4, 0.5) is 0 Å². The molecule has 0 radical (unpaired) electrons. The van der Waals surface area contributed by atoms with Crippen molar-refractivity contribution in [1.29, 1.82) is 0 Å². The van der Waals surface area contributed by atoms with Crippen LogP contribution in [-0.4, -0.2) is 20.0 Å². The number of aromatic amines is 1. The topological polar surface area (TPSA) is 50.7 Å². The van der Waals surface area contributed by atoms with E-state index in [-0.39, 0.29) is 11.7 Å². The second-order valence-electron chi connectivity index (χ2n) is 2.53. The third-order valence-electron chi connectivity index (χ3n) is 1.37. The summed E-state index contributed by atoms with van der Waals surface area (Å²) in [4.78, 5) is 11.1. The largest absolute Gasteiger partial charge is 0.344 e. The number of nitrogens with zero attached hydrogens (tertiary/aromatic N) is 2. The van der Waals surface area contributed by atoms with Gasteiger partial charge in [0.25, 0.3) is 0 Å². The third kappa shape index (κ3) is 1.84. The van der Waals surface area contributed by atoms with Crippen LogP contribution in [0.1, 0.15) is 19.9 Å². The number of hydrogen-bond acceptors (Lipinski definition) is 3. The number of hydrogen-bond donors (Lipinski definition) is 1. The number of thioether (sulfide) groups is 1.